The molecule has 0 bridgehead atoms. The number of Topliss-reactive ketones (excluding diaryl/α,β-unsaturated/α-hetero) is 1. The summed E-state index contributed by atoms with van der Waals surface area (Å²) in [7, 11) is 0. The molecule has 0 spiro atoms. The van der Waals surface area contributed by atoms with E-state index in [0.29, 0.717) is 5.92 Å². The predicted molar refractivity (Wildman–Crippen MR) is 49.4 cm³/mol. The summed E-state index contributed by atoms with van der Waals surface area (Å²) in [4.78, 5) is 11.1. The minimum Gasteiger partial charge on any atom is -0.402 e. The number of allylic oxidation sites excluding steroid dienone is 1. The van der Waals surface area contributed by atoms with Gasteiger partial charge in [0.05, 0.1) is 0 Å². The van der Waals surface area contributed by atoms with E-state index in [2.05, 4.69) is 20.4 Å². The van der Waals surface area contributed by atoms with Crippen LogP contribution in [0.1, 0.15) is 27.2 Å². The van der Waals surface area contributed by atoms with Gasteiger partial charge in [-0.2, -0.15) is 0 Å². The molecule has 0 heterocycles. The Morgan fingerprint density at radius 3 is 2.25 bits per heavy atom. The lowest BCUT2D eigenvalue weighted by molar-refractivity contribution is -0.133. The Labute approximate surface area is 73.8 Å². The minimum absolute atomic E-state index is 0.0255. The first-order valence-corrected chi connectivity index (χ1v) is 4.32. The Morgan fingerprint density at radius 2 is 2.00 bits per heavy atom. The first-order valence-electron chi connectivity index (χ1n) is 4.32. The molecule has 1 fully saturated rings. The second-order valence-electron chi connectivity index (χ2n) is 4.35. The molecular formula is C10H17NO. The van der Waals surface area contributed by atoms with Crippen LogP contribution in [0.5, 0.6) is 0 Å². The van der Waals surface area contributed by atoms with Gasteiger partial charge in [0.25, 0.3) is 0 Å². The summed E-state index contributed by atoms with van der Waals surface area (Å²) in [6.45, 7) is 9.56. The van der Waals surface area contributed by atoms with E-state index in [1.54, 1.807) is 6.92 Å². The summed E-state index contributed by atoms with van der Waals surface area (Å²) < 4.78 is 0. The number of carbonyl (C=O) groups excluding carboxylic acids is 1. The number of hydrogen-bond acceptors (Lipinski definition) is 2. The van der Waals surface area contributed by atoms with Gasteiger partial charge >= 0.3 is 0 Å². The van der Waals surface area contributed by atoms with Gasteiger partial charge in [-0.25, -0.2) is 0 Å². The molecule has 0 aromatic carbocycles. The second kappa shape index (κ2) is 2.61. The number of ketones is 1. The van der Waals surface area contributed by atoms with Gasteiger partial charge in [-0.15, -0.1) is 0 Å². The fourth-order valence-electron chi connectivity index (χ4n) is 2.24. The molecule has 2 nitrogen and oxygen atoms in total. The van der Waals surface area contributed by atoms with Crippen molar-refractivity contribution in [3.63, 3.8) is 0 Å². The number of hydrogen-bond donors (Lipinski definition) is 1. The fraction of sp³-hybridized carbons (Fsp3) is 0.700. The van der Waals surface area contributed by atoms with Crippen LogP contribution in [0.3, 0.4) is 0 Å². The van der Waals surface area contributed by atoms with Crippen molar-refractivity contribution in [1.29, 1.82) is 0 Å². The SMILES string of the molecule is C=C(N)C1CC(C(C)=O)C1(C)C. The number of nitrogens with two attached hydrogens (primary N) is 1. The molecule has 1 saturated carbocycles. The standard InChI is InChI=1S/C10H17NO/c1-6(11)8-5-9(7(2)12)10(8,3)4/h8-9H,1,5,11H2,2-4H3. The van der Waals surface area contributed by atoms with E-state index in [-0.39, 0.29) is 17.1 Å². The van der Waals surface area contributed by atoms with Gasteiger partial charge in [-0.1, -0.05) is 20.4 Å². The molecule has 1 rings (SSSR count). The Kier molecular flexibility index (Phi) is 2.02. The van der Waals surface area contributed by atoms with Gasteiger partial charge in [0.2, 0.25) is 0 Å². The molecule has 0 saturated heterocycles. The third-order valence-electron chi connectivity index (χ3n) is 3.21. The normalized spacial score (nSPS) is 32.2. The lowest BCUT2D eigenvalue weighted by Crippen LogP contribution is -2.49. The Balaban J connectivity index is 2.72. The van der Waals surface area contributed by atoms with Crippen LogP contribution in [0.25, 0.3) is 0 Å². The largest absolute Gasteiger partial charge is 0.402 e. The van der Waals surface area contributed by atoms with Crippen LogP contribution in [0.4, 0.5) is 0 Å². The Morgan fingerprint density at radius 1 is 1.50 bits per heavy atom. The van der Waals surface area contributed by atoms with Crippen molar-refractivity contribution < 1.29 is 4.79 Å². The monoisotopic (exact) mass is 167 g/mol. The summed E-state index contributed by atoms with van der Waals surface area (Å²) in [5, 5.41) is 0. The third-order valence-corrected chi connectivity index (χ3v) is 3.21. The number of carbonyl (C=O) groups is 1. The Bertz CT molecular complexity index is 208. The molecule has 2 N–H and O–H groups in total. The second-order valence-corrected chi connectivity index (χ2v) is 4.35. The van der Waals surface area contributed by atoms with E-state index in [4.69, 9.17) is 5.73 Å². The van der Waals surface area contributed by atoms with Crippen molar-refractivity contribution in [3.8, 4) is 0 Å². The van der Waals surface area contributed by atoms with Gasteiger partial charge < -0.3 is 5.73 Å². The smallest absolute Gasteiger partial charge is 0.133 e. The van der Waals surface area contributed by atoms with Gasteiger partial charge in [-0.3, -0.25) is 4.79 Å². The molecule has 1 aliphatic rings. The van der Waals surface area contributed by atoms with Crippen LogP contribution in [0, 0.1) is 17.3 Å². The molecule has 0 amide bonds. The summed E-state index contributed by atoms with van der Waals surface area (Å²) in [5.74, 6) is 0.784. The maximum absolute atomic E-state index is 11.1. The highest BCUT2D eigenvalue weighted by Crippen LogP contribution is 2.53. The molecule has 0 aromatic rings. The first-order chi connectivity index (χ1) is 5.37. The summed E-state index contributed by atoms with van der Waals surface area (Å²) in [6, 6.07) is 0. The van der Waals surface area contributed by atoms with Crippen LogP contribution in [0.15, 0.2) is 12.3 Å². The third kappa shape index (κ3) is 1.15. The predicted octanol–water partition coefficient (Wildman–Crippen LogP) is 1.71. The highest BCUT2D eigenvalue weighted by molar-refractivity contribution is 5.80. The zero-order valence-corrected chi connectivity index (χ0v) is 8.05. The van der Waals surface area contributed by atoms with E-state index >= 15 is 0 Å². The lowest BCUT2D eigenvalue weighted by Gasteiger charge is -2.51. The molecule has 2 atom stereocenters. The van der Waals surface area contributed by atoms with Gasteiger partial charge in [-0.05, 0) is 18.8 Å². The quantitative estimate of drug-likeness (QED) is 0.680. The van der Waals surface area contributed by atoms with Crippen molar-refractivity contribution in [1.82, 2.24) is 0 Å². The number of rotatable bonds is 2. The first kappa shape index (κ1) is 9.30. The van der Waals surface area contributed by atoms with Crippen LogP contribution >= 0.6 is 0 Å². The van der Waals surface area contributed by atoms with Gasteiger partial charge in [0.1, 0.15) is 5.78 Å². The molecule has 0 aliphatic heterocycles. The summed E-state index contributed by atoms with van der Waals surface area (Å²) in [6.07, 6.45) is 0.887. The van der Waals surface area contributed by atoms with E-state index in [1.807, 2.05) is 0 Å². The highest BCUT2D eigenvalue weighted by atomic mass is 16.1. The van der Waals surface area contributed by atoms with Crippen molar-refractivity contribution in [2.24, 2.45) is 23.0 Å². The highest BCUT2D eigenvalue weighted by Gasteiger charge is 2.50. The molecule has 1 aliphatic carbocycles. The van der Waals surface area contributed by atoms with E-state index in [1.165, 1.54) is 0 Å². The molecule has 12 heavy (non-hydrogen) atoms. The van der Waals surface area contributed by atoms with Crippen LogP contribution in [0.2, 0.25) is 0 Å². The van der Waals surface area contributed by atoms with Crippen molar-refractivity contribution in [2.75, 3.05) is 0 Å². The topological polar surface area (TPSA) is 43.1 Å². The average molecular weight is 167 g/mol. The molecule has 0 aromatic heterocycles. The van der Waals surface area contributed by atoms with Crippen LogP contribution < -0.4 is 5.73 Å². The molecule has 68 valence electrons. The van der Waals surface area contributed by atoms with Crippen molar-refractivity contribution in [3.05, 3.63) is 12.3 Å². The van der Waals surface area contributed by atoms with Crippen molar-refractivity contribution in [2.45, 2.75) is 27.2 Å². The maximum atomic E-state index is 11.1. The summed E-state index contributed by atoms with van der Waals surface area (Å²) in [5.41, 5.74) is 6.38. The molecule has 2 unspecified atom stereocenters. The lowest BCUT2D eigenvalue weighted by atomic mass is 9.53. The fourth-order valence-corrected chi connectivity index (χ4v) is 2.24. The maximum Gasteiger partial charge on any atom is 0.133 e. The van der Waals surface area contributed by atoms with Crippen LogP contribution in [-0.2, 0) is 4.79 Å². The van der Waals surface area contributed by atoms with Gasteiger partial charge in [0, 0.05) is 17.5 Å². The Hall–Kier alpha value is -0.790. The molecular weight excluding hydrogens is 150 g/mol. The average Bonchev–Trinajstić information content (AvgIpc) is 1.83. The van der Waals surface area contributed by atoms with Gasteiger partial charge in [0.15, 0.2) is 0 Å². The zero-order chi connectivity index (χ0) is 9.52. The van der Waals surface area contributed by atoms with E-state index < -0.39 is 0 Å². The van der Waals surface area contributed by atoms with Crippen molar-refractivity contribution >= 4 is 5.78 Å². The molecule has 2 heteroatoms. The molecule has 0 radical (unpaired) electrons. The summed E-state index contributed by atoms with van der Waals surface area (Å²) >= 11 is 0. The zero-order valence-electron chi connectivity index (χ0n) is 8.05. The van der Waals surface area contributed by atoms with E-state index in [9.17, 15) is 4.79 Å². The van der Waals surface area contributed by atoms with E-state index in [0.717, 1.165) is 12.1 Å². The van der Waals surface area contributed by atoms with Crippen LogP contribution in [-0.4, -0.2) is 5.78 Å². The minimum atomic E-state index is 0.0255.